The van der Waals surface area contributed by atoms with E-state index in [0.717, 1.165) is 21.7 Å². The summed E-state index contributed by atoms with van der Waals surface area (Å²) in [5, 5.41) is 14.1. The molecule has 0 spiro atoms. The van der Waals surface area contributed by atoms with Gasteiger partial charge < -0.3 is 5.32 Å². The molecule has 4 rings (SSSR count). The maximum atomic E-state index is 12.8. The fraction of sp³-hybridized carbons (Fsp3) is 0.286. The zero-order valence-corrected chi connectivity index (χ0v) is 17.7. The average Bonchev–Trinajstić information content (AvgIpc) is 3.28. The van der Waals surface area contributed by atoms with Crippen LogP contribution in [0.4, 0.5) is 5.69 Å². The summed E-state index contributed by atoms with van der Waals surface area (Å²) in [5.74, 6) is 0.460. The smallest absolute Gasteiger partial charge is 0.237 e. The Morgan fingerprint density at radius 2 is 2.00 bits per heavy atom. The standard InChI is InChI=1S/C21H22N4OS2/c1-4-18(20(26)23-15-7-5-14(6-8-15)13(2)3)28-21-17-11-19-16(9-10-27-19)25(17)12-22-24-21/h5-13,18H,4H2,1-3H3,(H,23,26)/t18-/m1/s1. The van der Waals surface area contributed by atoms with Gasteiger partial charge in [0, 0.05) is 5.69 Å². The predicted molar refractivity (Wildman–Crippen MR) is 117 cm³/mol. The Balaban J connectivity index is 1.54. The Morgan fingerprint density at radius 3 is 2.71 bits per heavy atom. The molecule has 1 aromatic carbocycles. The highest BCUT2D eigenvalue weighted by atomic mass is 32.2. The number of hydrogen-bond acceptors (Lipinski definition) is 5. The largest absolute Gasteiger partial charge is 0.325 e. The van der Waals surface area contributed by atoms with Crippen molar-refractivity contribution in [3.05, 3.63) is 53.7 Å². The third-order valence-corrected chi connectivity index (χ3v) is 6.96. The Morgan fingerprint density at radius 1 is 1.21 bits per heavy atom. The highest BCUT2D eigenvalue weighted by molar-refractivity contribution is 8.00. The zero-order valence-electron chi connectivity index (χ0n) is 16.0. The van der Waals surface area contributed by atoms with Gasteiger partial charge in [-0.3, -0.25) is 9.20 Å². The van der Waals surface area contributed by atoms with Gasteiger partial charge in [-0.1, -0.05) is 44.7 Å². The summed E-state index contributed by atoms with van der Waals surface area (Å²) < 4.78 is 3.23. The first kappa shape index (κ1) is 19.0. The fourth-order valence-electron chi connectivity index (χ4n) is 3.13. The van der Waals surface area contributed by atoms with Crippen LogP contribution in [0.2, 0.25) is 0 Å². The first-order chi connectivity index (χ1) is 13.6. The number of fused-ring (bicyclic) bond motifs is 3. The fourth-order valence-corrected chi connectivity index (χ4v) is 4.91. The number of aromatic nitrogens is 3. The molecule has 0 radical (unpaired) electrons. The maximum absolute atomic E-state index is 12.8. The lowest BCUT2D eigenvalue weighted by Gasteiger charge is -2.15. The number of amides is 1. The average molecular weight is 411 g/mol. The summed E-state index contributed by atoms with van der Waals surface area (Å²) in [6.07, 6.45) is 2.43. The summed E-state index contributed by atoms with van der Waals surface area (Å²) in [6.45, 7) is 6.33. The van der Waals surface area contributed by atoms with E-state index in [1.54, 1.807) is 17.7 Å². The number of benzene rings is 1. The van der Waals surface area contributed by atoms with Crippen molar-refractivity contribution < 1.29 is 4.79 Å². The SMILES string of the molecule is CC[C@@H](Sc1nncn2c1cc1sccc12)C(=O)Nc1ccc(C(C)C)cc1. The lowest BCUT2D eigenvalue weighted by molar-refractivity contribution is -0.115. The molecule has 0 saturated heterocycles. The molecular formula is C21H22N4OS2. The molecule has 0 aliphatic rings. The molecule has 0 unspecified atom stereocenters. The molecule has 0 bridgehead atoms. The lowest BCUT2D eigenvalue weighted by Crippen LogP contribution is -2.24. The zero-order chi connectivity index (χ0) is 19.7. The topological polar surface area (TPSA) is 59.3 Å². The molecule has 1 amide bonds. The Hall–Kier alpha value is -2.38. The van der Waals surface area contributed by atoms with Crippen LogP contribution in [0.15, 0.2) is 53.1 Å². The van der Waals surface area contributed by atoms with Gasteiger partial charge in [-0.25, -0.2) is 0 Å². The second-order valence-corrected chi connectivity index (χ2v) is 9.13. The highest BCUT2D eigenvalue weighted by Gasteiger charge is 2.21. The Labute approximate surface area is 172 Å². The van der Waals surface area contributed by atoms with E-state index >= 15 is 0 Å². The number of nitrogens with zero attached hydrogens (tertiary/aromatic N) is 3. The highest BCUT2D eigenvalue weighted by Crippen LogP contribution is 2.32. The minimum atomic E-state index is -0.238. The van der Waals surface area contributed by atoms with Crippen molar-refractivity contribution in [1.29, 1.82) is 0 Å². The monoisotopic (exact) mass is 410 g/mol. The van der Waals surface area contributed by atoms with Crippen LogP contribution < -0.4 is 5.32 Å². The van der Waals surface area contributed by atoms with Gasteiger partial charge in [0.05, 0.1) is 21.0 Å². The molecule has 3 aromatic heterocycles. The van der Waals surface area contributed by atoms with Gasteiger partial charge in [0.2, 0.25) is 5.91 Å². The van der Waals surface area contributed by atoms with Gasteiger partial charge in [0.15, 0.2) is 0 Å². The molecule has 0 fully saturated rings. The second-order valence-electron chi connectivity index (χ2n) is 6.99. The van der Waals surface area contributed by atoms with Crippen molar-refractivity contribution in [2.75, 3.05) is 5.32 Å². The molecule has 1 N–H and O–H groups in total. The van der Waals surface area contributed by atoms with Crippen LogP contribution in [-0.2, 0) is 4.79 Å². The van der Waals surface area contributed by atoms with Crippen molar-refractivity contribution in [1.82, 2.24) is 14.6 Å². The van der Waals surface area contributed by atoms with Crippen molar-refractivity contribution >= 4 is 50.4 Å². The van der Waals surface area contributed by atoms with Gasteiger partial charge in [0.25, 0.3) is 0 Å². The molecule has 0 saturated carbocycles. The minimum absolute atomic E-state index is 0.0121. The Bertz CT molecular complexity index is 1110. The maximum Gasteiger partial charge on any atom is 0.237 e. The van der Waals surface area contributed by atoms with Gasteiger partial charge in [-0.05, 0) is 47.5 Å². The van der Waals surface area contributed by atoms with Crippen LogP contribution in [0, 0.1) is 0 Å². The first-order valence-corrected chi connectivity index (χ1v) is 11.1. The molecule has 1 atom stereocenters. The number of thioether (sulfide) groups is 1. The van der Waals surface area contributed by atoms with E-state index in [1.165, 1.54) is 22.0 Å². The number of hydrogen-bond donors (Lipinski definition) is 1. The molecule has 0 aliphatic heterocycles. The first-order valence-electron chi connectivity index (χ1n) is 9.34. The number of rotatable bonds is 6. The molecule has 3 heterocycles. The molecule has 144 valence electrons. The van der Waals surface area contributed by atoms with Gasteiger partial charge >= 0.3 is 0 Å². The van der Waals surface area contributed by atoms with Crippen LogP contribution in [-0.4, -0.2) is 25.8 Å². The third kappa shape index (κ3) is 3.64. The molecule has 5 nitrogen and oxygen atoms in total. The summed E-state index contributed by atoms with van der Waals surface area (Å²) in [7, 11) is 0. The lowest BCUT2D eigenvalue weighted by atomic mass is 10.0. The summed E-state index contributed by atoms with van der Waals surface area (Å²) in [5.41, 5.74) is 4.20. The second kappa shape index (κ2) is 7.93. The van der Waals surface area contributed by atoms with E-state index in [0.29, 0.717) is 12.3 Å². The van der Waals surface area contributed by atoms with E-state index in [1.807, 2.05) is 23.5 Å². The third-order valence-electron chi connectivity index (χ3n) is 4.76. The quantitative estimate of drug-likeness (QED) is 0.422. The van der Waals surface area contributed by atoms with Crippen LogP contribution >= 0.6 is 23.1 Å². The van der Waals surface area contributed by atoms with Crippen LogP contribution in [0.3, 0.4) is 0 Å². The molecule has 7 heteroatoms. The van der Waals surface area contributed by atoms with Crippen LogP contribution in [0.1, 0.15) is 38.7 Å². The summed E-state index contributed by atoms with van der Waals surface area (Å²) >= 11 is 3.16. The number of carbonyl (C=O) groups excluding carboxylic acids is 1. The van der Waals surface area contributed by atoms with Gasteiger partial charge in [-0.2, -0.15) is 0 Å². The van der Waals surface area contributed by atoms with E-state index in [2.05, 4.69) is 59.0 Å². The van der Waals surface area contributed by atoms with Crippen LogP contribution in [0.5, 0.6) is 0 Å². The number of nitrogens with one attached hydrogen (secondary N) is 1. The van der Waals surface area contributed by atoms with Gasteiger partial charge in [0.1, 0.15) is 11.4 Å². The number of thiophene rings is 1. The van der Waals surface area contributed by atoms with E-state index in [-0.39, 0.29) is 11.2 Å². The summed E-state index contributed by atoms with van der Waals surface area (Å²) in [6, 6.07) is 12.3. The summed E-state index contributed by atoms with van der Waals surface area (Å²) in [4.78, 5) is 12.8. The normalized spacial score (nSPS) is 12.7. The molecule has 0 aliphatic carbocycles. The van der Waals surface area contributed by atoms with E-state index < -0.39 is 0 Å². The van der Waals surface area contributed by atoms with E-state index in [9.17, 15) is 4.79 Å². The van der Waals surface area contributed by atoms with Crippen molar-refractivity contribution in [2.45, 2.75) is 43.4 Å². The van der Waals surface area contributed by atoms with Crippen molar-refractivity contribution in [3.63, 3.8) is 0 Å². The van der Waals surface area contributed by atoms with Crippen molar-refractivity contribution in [2.24, 2.45) is 0 Å². The minimum Gasteiger partial charge on any atom is -0.325 e. The predicted octanol–water partition coefficient (Wildman–Crippen LogP) is 5.58. The van der Waals surface area contributed by atoms with Crippen LogP contribution in [0.25, 0.3) is 15.7 Å². The Kier molecular flexibility index (Phi) is 5.37. The number of carbonyl (C=O) groups is 1. The van der Waals surface area contributed by atoms with E-state index in [4.69, 9.17) is 0 Å². The van der Waals surface area contributed by atoms with Gasteiger partial charge in [-0.15, -0.1) is 21.5 Å². The molecular weight excluding hydrogens is 388 g/mol. The molecule has 4 aromatic rings. The number of anilines is 1. The van der Waals surface area contributed by atoms with Crippen molar-refractivity contribution in [3.8, 4) is 0 Å². The molecule has 28 heavy (non-hydrogen) atoms.